The van der Waals surface area contributed by atoms with Crippen molar-refractivity contribution in [1.29, 1.82) is 0 Å². The topological polar surface area (TPSA) is 63.4 Å². The highest BCUT2D eigenvalue weighted by atomic mass is 32.2. The third kappa shape index (κ3) is 6.87. The lowest BCUT2D eigenvalue weighted by atomic mass is 10.1. The van der Waals surface area contributed by atoms with Crippen LogP contribution in [0.15, 0.2) is 0 Å². The van der Waals surface area contributed by atoms with Gasteiger partial charge in [0.25, 0.3) is 0 Å². The van der Waals surface area contributed by atoms with Crippen LogP contribution in [0.2, 0.25) is 0 Å². The van der Waals surface area contributed by atoms with Crippen molar-refractivity contribution in [1.82, 2.24) is 4.90 Å². The Hall–Kier alpha value is -0.130. The first-order chi connectivity index (χ1) is 7.08. The van der Waals surface area contributed by atoms with Gasteiger partial charge >= 0.3 is 0 Å². The zero-order valence-corrected chi connectivity index (χ0v) is 10.1. The van der Waals surface area contributed by atoms with Crippen LogP contribution >= 0.6 is 0 Å². The Morgan fingerprint density at radius 2 is 1.53 bits per heavy atom. The predicted molar refractivity (Wildman–Crippen MR) is 62.1 cm³/mol. The number of hydrogen-bond acceptors (Lipinski definition) is 3. The molecule has 0 atom stereocenters. The van der Waals surface area contributed by atoms with Crippen LogP contribution in [0.1, 0.15) is 38.5 Å². The summed E-state index contributed by atoms with van der Waals surface area (Å²) in [6.45, 7) is 3.10. The second-order valence-electron chi connectivity index (χ2n) is 4.33. The first-order valence-electron chi connectivity index (χ1n) is 5.81. The van der Waals surface area contributed by atoms with Gasteiger partial charge in [-0.25, -0.2) is 13.6 Å². The lowest BCUT2D eigenvalue weighted by Gasteiger charge is -2.24. The predicted octanol–water partition coefficient (Wildman–Crippen LogP) is 0.931. The average molecular weight is 234 g/mol. The SMILES string of the molecule is NS(=O)(=O)CCCN1CCCCCCC1. The smallest absolute Gasteiger partial charge is 0.209 e. The van der Waals surface area contributed by atoms with Gasteiger partial charge in [-0.3, -0.25) is 0 Å². The third-order valence-corrected chi connectivity index (χ3v) is 3.71. The van der Waals surface area contributed by atoms with E-state index in [0.717, 1.165) is 19.6 Å². The quantitative estimate of drug-likeness (QED) is 0.787. The lowest BCUT2D eigenvalue weighted by Crippen LogP contribution is -2.30. The highest BCUT2D eigenvalue weighted by Gasteiger charge is 2.09. The van der Waals surface area contributed by atoms with Gasteiger partial charge < -0.3 is 4.90 Å². The molecule has 5 heteroatoms. The number of sulfonamides is 1. The molecular formula is C10H22N2O2S. The maximum atomic E-state index is 10.8. The molecule has 1 heterocycles. The molecule has 0 radical (unpaired) electrons. The van der Waals surface area contributed by atoms with Crippen molar-refractivity contribution >= 4 is 10.0 Å². The van der Waals surface area contributed by atoms with Crippen LogP contribution in [-0.2, 0) is 10.0 Å². The molecule has 0 bridgehead atoms. The van der Waals surface area contributed by atoms with Crippen molar-refractivity contribution in [3.63, 3.8) is 0 Å². The molecule has 0 aromatic rings. The van der Waals surface area contributed by atoms with Crippen molar-refractivity contribution in [2.45, 2.75) is 38.5 Å². The second kappa shape index (κ2) is 6.45. The maximum Gasteiger partial charge on any atom is 0.209 e. The van der Waals surface area contributed by atoms with Crippen LogP contribution in [-0.4, -0.2) is 38.7 Å². The van der Waals surface area contributed by atoms with E-state index in [-0.39, 0.29) is 5.75 Å². The summed E-state index contributed by atoms with van der Waals surface area (Å²) in [5, 5.41) is 4.96. The largest absolute Gasteiger partial charge is 0.303 e. The van der Waals surface area contributed by atoms with E-state index in [1.54, 1.807) is 0 Å². The molecule has 0 amide bonds. The molecule has 1 fully saturated rings. The Morgan fingerprint density at radius 1 is 1.00 bits per heavy atom. The molecule has 0 aliphatic carbocycles. The van der Waals surface area contributed by atoms with Gasteiger partial charge in [-0.05, 0) is 38.9 Å². The molecule has 1 aliphatic heterocycles. The van der Waals surface area contributed by atoms with Crippen LogP contribution in [0.3, 0.4) is 0 Å². The summed E-state index contributed by atoms with van der Waals surface area (Å²) >= 11 is 0. The van der Waals surface area contributed by atoms with E-state index in [4.69, 9.17) is 5.14 Å². The van der Waals surface area contributed by atoms with Gasteiger partial charge in [0.15, 0.2) is 0 Å². The molecule has 0 aromatic heterocycles. The zero-order chi connectivity index (χ0) is 11.1. The van der Waals surface area contributed by atoms with Gasteiger partial charge in [0, 0.05) is 0 Å². The van der Waals surface area contributed by atoms with Crippen molar-refractivity contribution in [2.75, 3.05) is 25.4 Å². The Bertz CT molecular complexity index is 257. The molecule has 15 heavy (non-hydrogen) atoms. The third-order valence-electron chi connectivity index (χ3n) is 2.85. The van der Waals surface area contributed by atoms with Gasteiger partial charge in [0.05, 0.1) is 5.75 Å². The van der Waals surface area contributed by atoms with E-state index >= 15 is 0 Å². The van der Waals surface area contributed by atoms with Gasteiger partial charge in [0.1, 0.15) is 0 Å². The van der Waals surface area contributed by atoms with Crippen molar-refractivity contribution < 1.29 is 8.42 Å². The summed E-state index contributed by atoms with van der Waals surface area (Å²) in [6, 6.07) is 0. The summed E-state index contributed by atoms with van der Waals surface area (Å²) < 4.78 is 21.5. The summed E-state index contributed by atoms with van der Waals surface area (Å²) in [7, 11) is -3.27. The zero-order valence-electron chi connectivity index (χ0n) is 9.32. The van der Waals surface area contributed by atoms with Gasteiger partial charge in [0.2, 0.25) is 10.0 Å². The Kier molecular flexibility index (Phi) is 5.56. The van der Waals surface area contributed by atoms with Crippen LogP contribution in [0, 0.1) is 0 Å². The van der Waals surface area contributed by atoms with Crippen molar-refractivity contribution in [3.05, 3.63) is 0 Å². The molecule has 4 nitrogen and oxygen atoms in total. The Balaban J connectivity index is 2.18. The Morgan fingerprint density at radius 3 is 2.07 bits per heavy atom. The Labute approximate surface area is 92.9 Å². The van der Waals surface area contributed by atoms with Gasteiger partial charge in [-0.1, -0.05) is 19.3 Å². The van der Waals surface area contributed by atoms with E-state index in [1.165, 1.54) is 32.1 Å². The van der Waals surface area contributed by atoms with Crippen LogP contribution in [0.5, 0.6) is 0 Å². The minimum Gasteiger partial charge on any atom is -0.303 e. The van der Waals surface area contributed by atoms with Crippen molar-refractivity contribution in [3.8, 4) is 0 Å². The van der Waals surface area contributed by atoms with Gasteiger partial charge in [-0.15, -0.1) is 0 Å². The fourth-order valence-electron chi connectivity index (χ4n) is 2.03. The molecule has 0 unspecified atom stereocenters. The monoisotopic (exact) mass is 234 g/mol. The van der Waals surface area contributed by atoms with E-state index in [0.29, 0.717) is 6.42 Å². The lowest BCUT2D eigenvalue weighted by molar-refractivity contribution is 0.248. The van der Waals surface area contributed by atoms with Crippen LogP contribution in [0.4, 0.5) is 0 Å². The first kappa shape index (κ1) is 12.9. The maximum absolute atomic E-state index is 10.8. The highest BCUT2D eigenvalue weighted by Crippen LogP contribution is 2.10. The number of primary sulfonamides is 1. The molecule has 1 aliphatic rings. The van der Waals surface area contributed by atoms with Crippen molar-refractivity contribution in [2.24, 2.45) is 5.14 Å². The number of likely N-dealkylation sites (tertiary alicyclic amines) is 1. The fourth-order valence-corrected chi connectivity index (χ4v) is 2.56. The molecule has 0 aromatic carbocycles. The van der Waals surface area contributed by atoms with Crippen LogP contribution in [0.25, 0.3) is 0 Å². The van der Waals surface area contributed by atoms with Gasteiger partial charge in [-0.2, -0.15) is 0 Å². The number of nitrogens with two attached hydrogens (primary N) is 1. The standard InChI is InChI=1S/C10H22N2O2S/c11-15(13,14)10-6-9-12-7-4-2-1-3-5-8-12/h1-10H2,(H2,11,13,14). The van der Waals surface area contributed by atoms with Crippen LogP contribution < -0.4 is 5.14 Å². The first-order valence-corrected chi connectivity index (χ1v) is 7.52. The normalized spacial score (nSPS) is 20.9. The fraction of sp³-hybridized carbons (Fsp3) is 1.00. The summed E-state index contributed by atoms with van der Waals surface area (Å²) in [6.07, 6.45) is 7.13. The number of hydrogen-bond donors (Lipinski definition) is 1. The molecule has 90 valence electrons. The molecule has 0 saturated carbocycles. The minimum absolute atomic E-state index is 0.115. The minimum atomic E-state index is -3.27. The molecule has 1 saturated heterocycles. The summed E-state index contributed by atoms with van der Waals surface area (Å²) in [5.74, 6) is 0.115. The summed E-state index contributed by atoms with van der Waals surface area (Å²) in [4.78, 5) is 2.37. The number of nitrogens with zero attached hydrogens (tertiary/aromatic N) is 1. The molecule has 0 spiro atoms. The highest BCUT2D eigenvalue weighted by molar-refractivity contribution is 7.89. The van der Waals surface area contributed by atoms with E-state index in [9.17, 15) is 8.42 Å². The van der Waals surface area contributed by atoms with E-state index < -0.39 is 10.0 Å². The van der Waals surface area contributed by atoms with E-state index in [1.807, 2.05) is 0 Å². The molecule has 1 rings (SSSR count). The number of rotatable bonds is 4. The van der Waals surface area contributed by atoms with E-state index in [2.05, 4.69) is 4.90 Å². The second-order valence-corrected chi connectivity index (χ2v) is 6.06. The average Bonchev–Trinajstić information content (AvgIpc) is 2.06. The molecule has 2 N–H and O–H groups in total. The molecular weight excluding hydrogens is 212 g/mol. The summed E-state index contributed by atoms with van der Waals surface area (Å²) in [5.41, 5.74) is 0.